The number of carbonyl (C=O) groups is 1. The highest BCUT2D eigenvalue weighted by atomic mass is 16.5. The number of aromatic nitrogens is 2. The lowest BCUT2D eigenvalue weighted by Crippen LogP contribution is -2.24. The number of aliphatic hydroxyl groups excluding tert-OH is 1. The summed E-state index contributed by atoms with van der Waals surface area (Å²) in [4.78, 5) is 19.6. The molecule has 1 N–H and O–H groups in total. The average Bonchev–Trinajstić information content (AvgIpc) is 2.37. The van der Waals surface area contributed by atoms with Crippen molar-refractivity contribution in [2.75, 3.05) is 7.11 Å². The molecule has 1 aromatic carbocycles. The van der Waals surface area contributed by atoms with Crippen LogP contribution in [0.5, 0.6) is 0 Å². The fourth-order valence-corrected chi connectivity index (χ4v) is 1.51. The topological polar surface area (TPSA) is 72.3 Å². The number of ether oxygens (including phenoxy) is 1. The van der Waals surface area contributed by atoms with Crippen molar-refractivity contribution in [2.45, 2.75) is 12.5 Å². The van der Waals surface area contributed by atoms with Gasteiger partial charge in [-0.1, -0.05) is 12.1 Å². The van der Waals surface area contributed by atoms with Gasteiger partial charge in [0, 0.05) is 12.6 Å². The number of nitrogens with zero attached hydrogens (tertiary/aromatic N) is 2. The molecule has 0 spiro atoms. The van der Waals surface area contributed by atoms with Gasteiger partial charge >= 0.3 is 5.97 Å². The molecule has 0 aliphatic carbocycles. The molecule has 5 heteroatoms. The van der Waals surface area contributed by atoms with E-state index in [0.717, 1.165) is 11.0 Å². The summed E-state index contributed by atoms with van der Waals surface area (Å²) in [7, 11) is 1.23. The van der Waals surface area contributed by atoms with Gasteiger partial charge in [0.15, 0.2) is 6.10 Å². The molecule has 0 amide bonds. The van der Waals surface area contributed by atoms with E-state index in [1.807, 2.05) is 24.3 Å². The molecule has 88 valence electrons. The molecule has 0 radical (unpaired) electrons. The van der Waals surface area contributed by atoms with Crippen molar-refractivity contribution in [3.63, 3.8) is 0 Å². The molecular weight excluding hydrogens is 220 g/mol. The van der Waals surface area contributed by atoms with Crippen molar-refractivity contribution in [3.05, 3.63) is 36.2 Å². The lowest BCUT2D eigenvalue weighted by Gasteiger charge is -2.07. The molecule has 17 heavy (non-hydrogen) atoms. The van der Waals surface area contributed by atoms with Crippen molar-refractivity contribution >= 4 is 17.0 Å². The van der Waals surface area contributed by atoms with Crippen LogP contribution in [0.3, 0.4) is 0 Å². The molecule has 1 atom stereocenters. The minimum absolute atomic E-state index is 0.102. The summed E-state index contributed by atoms with van der Waals surface area (Å²) in [5, 5.41) is 9.50. The number of benzene rings is 1. The molecule has 0 saturated heterocycles. The van der Waals surface area contributed by atoms with Crippen LogP contribution in [0.25, 0.3) is 11.0 Å². The highest BCUT2D eigenvalue weighted by molar-refractivity contribution is 5.75. The highest BCUT2D eigenvalue weighted by Crippen LogP contribution is 2.09. The van der Waals surface area contributed by atoms with E-state index in [-0.39, 0.29) is 6.42 Å². The first kappa shape index (κ1) is 11.5. The first-order valence-corrected chi connectivity index (χ1v) is 5.17. The summed E-state index contributed by atoms with van der Waals surface area (Å²) in [6.07, 6.45) is 0.453. The smallest absolute Gasteiger partial charge is 0.335 e. The summed E-state index contributed by atoms with van der Waals surface area (Å²) in [5.74, 6) is -0.667. The van der Waals surface area contributed by atoms with Gasteiger partial charge in [0.05, 0.1) is 23.8 Å². The van der Waals surface area contributed by atoms with Gasteiger partial charge in [0.25, 0.3) is 0 Å². The first-order chi connectivity index (χ1) is 8.20. The van der Waals surface area contributed by atoms with E-state index in [2.05, 4.69) is 14.7 Å². The predicted octanol–water partition coefficient (Wildman–Crippen LogP) is 0.706. The van der Waals surface area contributed by atoms with Crippen molar-refractivity contribution in [1.82, 2.24) is 9.97 Å². The number of hydrogen-bond donors (Lipinski definition) is 1. The minimum Gasteiger partial charge on any atom is -0.467 e. The van der Waals surface area contributed by atoms with Crippen LogP contribution < -0.4 is 0 Å². The monoisotopic (exact) mass is 232 g/mol. The molecule has 1 unspecified atom stereocenters. The van der Waals surface area contributed by atoms with Crippen LogP contribution in [-0.2, 0) is 16.0 Å². The number of hydrogen-bond acceptors (Lipinski definition) is 5. The standard InChI is InChI=1S/C12H12N2O3/c1-17-12(16)11(15)6-8-7-13-9-4-2-3-5-10(9)14-8/h2-5,7,11,15H,6H2,1H3. The molecule has 0 saturated carbocycles. The highest BCUT2D eigenvalue weighted by Gasteiger charge is 2.16. The molecule has 0 bridgehead atoms. The maximum Gasteiger partial charge on any atom is 0.335 e. The Morgan fingerprint density at radius 2 is 2.12 bits per heavy atom. The number of methoxy groups -OCH3 is 1. The Balaban J connectivity index is 2.22. The number of esters is 1. The third-order valence-corrected chi connectivity index (χ3v) is 2.37. The van der Waals surface area contributed by atoms with Crippen LogP contribution in [0.1, 0.15) is 5.69 Å². The van der Waals surface area contributed by atoms with Crippen LogP contribution in [0.2, 0.25) is 0 Å². The van der Waals surface area contributed by atoms with E-state index >= 15 is 0 Å². The third kappa shape index (κ3) is 2.57. The number of para-hydroxylation sites is 2. The fraction of sp³-hybridized carbons (Fsp3) is 0.250. The normalized spacial score (nSPS) is 12.4. The zero-order valence-corrected chi connectivity index (χ0v) is 9.33. The second-order valence-electron chi connectivity index (χ2n) is 3.59. The largest absolute Gasteiger partial charge is 0.467 e. The summed E-state index contributed by atoms with van der Waals surface area (Å²) < 4.78 is 4.43. The number of rotatable bonds is 3. The molecule has 2 aromatic rings. The van der Waals surface area contributed by atoms with Crippen LogP contribution in [-0.4, -0.2) is 34.3 Å². The summed E-state index contributed by atoms with van der Waals surface area (Å²) in [6.45, 7) is 0. The van der Waals surface area contributed by atoms with Crippen LogP contribution in [0.15, 0.2) is 30.5 Å². The molecule has 0 aliphatic rings. The second kappa shape index (κ2) is 4.88. The summed E-state index contributed by atoms with van der Waals surface area (Å²) >= 11 is 0. The van der Waals surface area contributed by atoms with E-state index < -0.39 is 12.1 Å². The minimum atomic E-state index is -1.20. The molecule has 1 aromatic heterocycles. The van der Waals surface area contributed by atoms with Crippen molar-refractivity contribution in [2.24, 2.45) is 0 Å². The molecular formula is C12H12N2O3. The summed E-state index contributed by atoms with van der Waals surface area (Å²) in [5.41, 5.74) is 2.08. The zero-order valence-electron chi connectivity index (χ0n) is 9.33. The van der Waals surface area contributed by atoms with Gasteiger partial charge in [-0.3, -0.25) is 4.98 Å². The molecule has 5 nitrogen and oxygen atoms in total. The predicted molar refractivity (Wildman–Crippen MR) is 61.3 cm³/mol. The molecule has 1 heterocycles. The Morgan fingerprint density at radius 1 is 1.41 bits per heavy atom. The van der Waals surface area contributed by atoms with E-state index in [1.54, 1.807) is 6.20 Å². The first-order valence-electron chi connectivity index (χ1n) is 5.17. The van der Waals surface area contributed by atoms with E-state index in [9.17, 15) is 9.90 Å². The van der Waals surface area contributed by atoms with E-state index in [1.165, 1.54) is 7.11 Å². The van der Waals surface area contributed by atoms with Gasteiger partial charge in [-0.15, -0.1) is 0 Å². The van der Waals surface area contributed by atoms with Crippen molar-refractivity contribution in [1.29, 1.82) is 0 Å². The molecule has 2 rings (SSSR count). The second-order valence-corrected chi connectivity index (χ2v) is 3.59. The van der Waals surface area contributed by atoms with E-state index in [4.69, 9.17) is 0 Å². The molecule has 0 fully saturated rings. The fourth-order valence-electron chi connectivity index (χ4n) is 1.51. The zero-order chi connectivity index (χ0) is 12.3. The van der Waals surface area contributed by atoms with Gasteiger partial charge in [-0.25, -0.2) is 9.78 Å². The quantitative estimate of drug-likeness (QED) is 0.789. The SMILES string of the molecule is COC(=O)C(O)Cc1cnc2ccccc2n1. The Hall–Kier alpha value is -2.01. The van der Waals surface area contributed by atoms with Crippen LogP contribution in [0.4, 0.5) is 0 Å². The maximum atomic E-state index is 11.1. The maximum absolute atomic E-state index is 11.1. The Labute approximate surface area is 98.1 Å². The number of aliphatic hydroxyl groups is 1. The van der Waals surface area contributed by atoms with Gasteiger partial charge in [-0.05, 0) is 12.1 Å². The Bertz CT molecular complexity index is 542. The average molecular weight is 232 g/mol. The molecule has 0 aliphatic heterocycles. The van der Waals surface area contributed by atoms with Crippen molar-refractivity contribution in [3.8, 4) is 0 Å². The van der Waals surface area contributed by atoms with Gasteiger partial charge in [-0.2, -0.15) is 0 Å². The number of carbonyl (C=O) groups excluding carboxylic acids is 1. The summed E-state index contributed by atoms with van der Waals surface area (Å²) in [6, 6.07) is 7.41. The van der Waals surface area contributed by atoms with Crippen molar-refractivity contribution < 1.29 is 14.6 Å². The lowest BCUT2D eigenvalue weighted by atomic mass is 10.2. The lowest BCUT2D eigenvalue weighted by molar-refractivity contribution is -0.150. The van der Waals surface area contributed by atoms with Gasteiger partial charge in [0.1, 0.15) is 0 Å². The van der Waals surface area contributed by atoms with Gasteiger partial charge < -0.3 is 9.84 Å². The van der Waals surface area contributed by atoms with Crippen LogP contribution in [0, 0.1) is 0 Å². The van der Waals surface area contributed by atoms with Crippen LogP contribution >= 0.6 is 0 Å². The van der Waals surface area contributed by atoms with Gasteiger partial charge in [0.2, 0.25) is 0 Å². The number of fused-ring (bicyclic) bond motifs is 1. The Kier molecular flexibility index (Phi) is 3.30. The Morgan fingerprint density at radius 3 is 2.82 bits per heavy atom. The third-order valence-electron chi connectivity index (χ3n) is 2.37. The van der Waals surface area contributed by atoms with E-state index in [0.29, 0.717) is 5.69 Å².